The van der Waals surface area contributed by atoms with E-state index in [1.807, 2.05) is 12.2 Å². The lowest BCUT2D eigenvalue weighted by Gasteiger charge is -2.15. The molecule has 0 atom stereocenters. The summed E-state index contributed by atoms with van der Waals surface area (Å²) in [5.74, 6) is 1.79. The van der Waals surface area contributed by atoms with Gasteiger partial charge < -0.3 is 9.47 Å². The van der Waals surface area contributed by atoms with Crippen molar-refractivity contribution < 1.29 is 9.47 Å². The van der Waals surface area contributed by atoms with Crippen molar-refractivity contribution in [2.24, 2.45) is 0 Å². The molecule has 0 aliphatic rings. The molecule has 104 valence electrons. The van der Waals surface area contributed by atoms with Crippen molar-refractivity contribution in [3.63, 3.8) is 0 Å². The largest absolute Gasteiger partial charge is 0.496 e. The van der Waals surface area contributed by atoms with Crippen molar-refractivity contribution in [3.05, 3.63) is 60.7 Å². The molecule has 2 aromatic carbocycles. The summed E-state index contributed by atoms with van der Waals surface area (Å²) in [6, 6.07) is 8.32. The van der Waals surface area contributed by atoms with E-state index in [1.54, 1.807) is 14.2 Å². The van der Waals surface area contributed by atoms with Gasteiger partial charge in [0, 0.05) is 10.8 Å². The van der Waals surface area contributed by atoms with Crippen molar-refractivity contribution >= 4 is 10.8 Å². The first-order chi connectivity index (χ1) is 9.76. The second-order valence-corrected chi connectivity index (χ2v) is 4.60. The molecule has 0 N–H and O–H groups in total. The third kappa shape index (κ3) is 2.42. The maximum atomic E-state index is 5.59. The van der Waals surface area contributed by atoms with Crippen LogP contribution in [0.3, 0.4) is 0 Å². The van der Waals surface area contributed by atoms with E-state index >= 15 is 0 Å². The summed E-state index contributed by atoms with van der Waals surface area (Å²) >= 11 is 0. The highest BCUT2D eigenvalue weighted by atomic mass is 16.5. The van der Waals surface area contributed by atoms with Gasteiger partial charge in [0.15, 0.2) is 0 Å². The van der Waals surface area contributed by atoms with Crippen LogP contribution in [0.25, 0.3) is 10.8 Å². The van der Waals surface area contributed by atoms with E-state index in [0.717, 1.165) is 46.2 Å². The maximum absolute atomic E-state index is 5.59. The average molecular weight is 268 g/mol. The molecule has 20 heavy (non-hydrogen) atoms. The molecule has 0 spiro atoms. The molecule has 0 heterocycles. The molecule has 2 aromatic rings. The van der Waals surface area contributed by atoms with Crippen molar-refractivity contribution in [2.45, 2.75) is 12.8 Å². The zero-order chi connectivity index (χ0) is 14.5. The van der Waals surface area contributed by atoms with Gasteiger partial charge in [-0.25, -0.2) is 0 Å². The van der Waals surface area contributed by atoms with Crippen LogP contribution in [-0.2, 0) is 12.8 Å². The standard InChI is InChI=1S/C18H20O2/c1-5-7-13-9-11-16-15(17(13)19-3)12-10-14(8-6-2)18(16)20-4/h5-6,9-12H,1-2,7-8H2,3-4H3. The van der Waals surface area contributed by atoms with Gasteiger partial charge >= 0.3 is 0 Å². The van der Waals surface area contributed by atoms with Crippen LogP contribution in [0.15, 0.2) is 49.6 Å². The molecule has 0 fully saturated rings. The number of allylic oxidation sites excluding steroid dienone is 2. The second kappa shape index (κ2) is 6.29. The van der Waals surface area contributed by atoms with Gasteiger partial charge in [-0.2, -0.15) is 0 Å². The Bertz CT molecular complexity index is 584. The summed E-state index contributed by atoms with van der Waals surface area (Å²) in [5.41, 5.74) is 2.27. The minimum Gasteiger partial charge on any atom is -0.496 e. The van der Waals surface area contributed by atoms with E-state index in [4.69, 9.17) is 9.47 Å². The molecule has 0 radical (unpaired) electrons. The predicted molar refractivity (Wildman–Crippen MR) is 84.9 cm³/mol. The van der Waals surface area contributed by atoms with Gasteiger partial charge in [-0.3, -0.25) is 0 Å². The van der Waals surface area contributed by atoms with Gasteiger partial charge in [0.2, 0.25) is 0 Å². The normalized spacial score (nSPS) is 10.3. The molecule has 2 nitrogen and oxygen atoms in total. The van der Waals surface area contributed by atoms with E-state index in [9.17, 15) is 0 Å². The Morgan fingerprint density at radius 1 is 0.800 bits per heavy atom. The highest BCUT2D eigenvalue weighted by Gasteiger charge is 2.13. The van der Waals surface area contributed by atoms with Gasteiger partial charge in [-0.15, -0.1) is 13.2 Å². The molecule has 0 amide bonds. The van der Waals surface area contributed by atoms with Crippen LogP contribution in [0.5, 0.6) is 11.5 Å². The fourth-order valence-corrected chi connectivity index (χ4v) is 2.56. The van der Waals surface area contributed by atoms with Crippen LogP contribution >= 0.6 is 0 Å². The highest BCUT2D eigenvalue weighted by Crippen LogP contribution is 2.37. The van der Waals surface area contributed by atoms with Crippen molar-refractivity contribution in [1.29, 1.82) is 0 Å². The van der Waals surface area contributed by atoms with E-state index in [0.29, 0.717) is 0 Å². The third-order valence-electron chi connectivity index (χ3n) is 3.40. The third-order valence-corrected chi connectivity index (χ3v) is 3.40. The van der Waals surface area contributed by atoms with Crippen LogP contribution in [0.1, 0.15) is 11.1 Å². The SMILES string of the molecule is C=CCc1ccc2c(OC)c(CC=C)ccc2c1OC. The van der Waals surface area contributed by atoms with E-state index in [1.165, 1.54) is 0 Å². The lowest BCUT2D eigenvalue weighted by molar-refractivity contribution is 0.411. The lowest BCUT2D eigenvalue weighted by Crippen LogP contribution is -1.96. The Balaban J connectivity index is 2.73. The summed E-state index contributed by atoms with van der Waals surface area (Å²) in [6.45, 7) is 7.58. The molecule has 2 heteroatoms. The Hall–Kier alpha value is -2.22. The minimum atomic E-state index is 0.788. The monoisotopic (exact) mass is 268 g/mol. The Kier molecular flexibility index (Phi) is 4.46. The summed E-state index contributed by atoms with van der Waals surface area (Å²) in [7, 11) is 3.40. The zero-order valence-electron chi connectivity index (χ0n) is 12.1. The van der Waals surface area contributed by atoms with Crippen LogP contribution < -0.4 is 9.47 Å². The van der Waals surface area contributed by atoms with Crippen molar-refractivity contribution in [2.75, 3.05) is 14.2 Å². The van der Waals surface area contributed by atoms with Gasteiger partial charge in [-0.05, 0) is 24.0 Å². The van der Waals surface area contributed by atoms with E-state index in [2.05, 4.69) is 37.4 Å². The van der Waals surface area contributed by atoms with Crippen LogP contribution in [0.2, 0.25) is 0 Å². The molecule has 0 aliphatic carbocycles. The van der Waals surface area contributed by atoms with Crippen LogP contribution in [0, 0.1) is 0 Å². The fraction of sp³-hybridized carbons (Fsp3) is 0.222. The number of hydrogen-bond acceptors (Lipinski definition) is 2. The molecule has 0 aliphatic heterocycles. The van der Waals surface area contributed by atoms with Gasteiger partial charge in [0.05, 0.1) is 14.2 Å². The number of ether oxygens (including phenoxy) is 2. The minimum absolute atomic E-state index is 0.788. The smallest absolute Gasteiger partial charge is 0.130 e. The summed E-state index contributed by atoms with van der Waals surface area (Å²) < 4.78 is 11.2. The number of fused-ring (bicyclic) bond motifs is 1. The van der Waals surface area contributed by atoms with Gasteiger partial charge in [-0.1, -0.05) is 36.4 Å². The maximum Gasteiger partial charge on any atom is 0.130 e. The first-order valence-electron chi connectivity index (χ1n) is 6.64. The van der Waals surface area contributed by atoms with Gasteiger partial charge in [0.25, 0.3) is 0 Å². The predicted octanol–water partition coefficient (Wildman–Crippen LogP) is 4.31. The average Bonchev–Trinajstić information content (AvgIpc) is 2.47. The number of benzene rings is 2. The molecule has 0 bridgehead atoms. The molecule has 0 aromatic heterocycles. The molecular formula is C18H20O2. The molecule has 0 saturated carbocycles. The topological polar surface area (TPSA) is 18.5 Å². The zero-order valence-corrected chi connectivity index (χ0v) is 12.1. The molecule has 2 rings (SSSR count). The Labute approximate surface area is 120 Å². The highest BCUT2D eigenvalue weighted by molar-refractivity contribution is 5.95. The van der Waals surface area contributed by atoms with E-state index < -0.39 is 0 Å². The Morgan fingerprint density at radius 3 is 1.50 bits per heavy atom. The number of hydrogen-bond donors (Lipinski definition) is 0. The summed E-state index contributed by atoms with van der Waals surface area (Å²) in [6.07, 6.45) is 5.34. The molecule has 0 unspecified atom stereocenters. The molecular weight excluding hydrogens is 248 g/mol. The van der Waals surface area contributed by atoms with Crippen molar-refractivity contribution in [1.82, 2.24) is 0 Å². The molecule has 0 saturated heterocycles. The second-order valence-electron chi connectivity index (χ2n) is 4.60. The van der Waals surface area contributed by atoms with E-state index in [-0.39, 0.29) is 0 Å². The summed E-state index contributed by atoms with van der Waals surface area (Å²) in [4.78, 5) is 0. The van der Waals surface area contributed by atoms with Crippen LogP contribution in [-0.4, -0.2) is 14.2 Å². The lowest BCUT2D eigenvalue weighted by atomic mass is 9.99. The quantitative estimate of drug-likeness (QED) is 0.727. The Morgan fingerprint density at radius 2 is 1.20 bits per heavy atom. The fourth-order valence-electron chi connectivity index (χ4n) is 2.56. The van der Waals surface area contributed by atoms with Gasteiger partial charge in [0.1, 0.15) is 11.5 Å². The summed E-state index contributed by atoms with van der Waals surface area (Å²) in [5, 5.41) is 2.13. The first-order valence-corrected chi connectivity index (χ1v) is 6.64. The number of rotatable bonds is 6. The first kappa shape index (κ1) is 14.2. The number of methoxy groups -OCH3 is 2. The van der Waals surface area contributed by atoms with Crippen LogP contribution in [0.4, 0.5) is 0 Å². The van der Waals surface area contributed by atoms with Crippen molar-refractivity contribution in [3.8, 4) is 11.5 Å².